The van der Waals surface area contributed by atoms with E-state index >= 15 is 0 Å². The topological polar surface area (TPSA) is 140 Å². The van der Waals surface area contributed by atoms with Crippen LogP contribution in [0.4, 0.5) is 4.79 Å². The van der Waals surface area contributed by atoms with Gasteiger partial charge >= 0.3 is 12.0 Å². The highest BCUT2D eigenvalue weighted by Crippen LogP contribution is 2.19. The number of allylic oxidation sites excluding steroid dienone is 1. The number of amides is 2. The zero-order valence-electron chi connectivity index (χ0n) is 17.7. The molecule has 9 heteroatoms. The van der Waals surface area contributed by atoms with Crippen LogP contribution in [0, 0.1) is 11.3 Å². The molecule has 0 radical (unpaired) electrons. The number of para-hydroxylation sites is 2. The van der Waals surface area contributed by atoms with Gasteiger partial charge in [0.15, 0.2) is 11.6 Å². The zero-order chi connectivity index (χ0) is 23.1. The first-order valence-corrected chi connectivity index (χ1v) is 9.95. The van der Waals surface area contributed by atoms with Crippen LogP contribution in [0.15, 0.2) is 54.3 Å². The number of nitrogens with one attached hydrogen (secondary N) is 3. The lowest BCUT2D eigenvalue weighted by Crippen LogP contribution is -2.39. The number of aromatic nitrogens is 2. The molecule has 4 N–H and O–H groups in total. The van der Waals surface area contributed by atoms with Crippen molar-refractivity contribution in [3.63, 3.8) is 0 Å². The van der Waals surface area contributed by atoms with Crippen molar-refractivity contribution in [3.05, 3.63) is 71.2 Å². The molecule has 0 aliphatic carbocycles. The maximum absolute atomic E-state index is 12.3. The van der Waals surface area contributed by atoms with Crippen molar-refractivity contribution in [3.8, 4) is 6.07 Å². The number of rotatable bonds is 7. The third-order valence-corrected chi connectivity index (χ3v) is 4.43. The number of nitrogens with zero attached hydrogens (tertiary/aromatic N) is 2. The Balaban J connectivity index is 1.60. The van der Waals surface area contributed by atoms with Gasteiger partial charge in [0.2, 0.25) is 0 Å². The Hall–Kier alpha value is -4.32. The molecular formula is C23H23N5O4. The summed E-state index contributed by atoms with van der Waals surface area (Å²) < 4.78 is 5.13. The van der Waals surface area contributed by atoms with Crippen molar-refractivity contribution in [1.82, 2.24) is 20.6 Å². The lowest BCUT2D eigenvalue weighted by Gasteiger charge is -2.10. The molecule has 0 unspecified atom stereocenters. The van der Waals surface area contributed by atoms with Crippen molar-refractivity contribution >= 4 is 28.6 Å². The van der Waals surface area contributed by atoms with Crippen LogP contribution in [0.1, 0.15) is 35.6 Å². The molecule has 0 saturated carbocycles. The number of nitriles is 1. The summed E-state index contributed by atoms with van der Waals surface area (Å²) in [6.07, 6.45) is 0. The van der Waals surface area contributed by atoms with Crippen LogP contribution in [0.25, 0.3) is 16.6 Å². The van der Waals surface area contributed by atoms with Gasteiger partial charge in [-0.25, -0.2) is 14.6 Å². The van der Waals surface area contributed by atoms with Gasteiger partial charge in [0, 0.05) is 12.6 Å². The fourth-order valence-corrected chi connectivity index (χ4v) is 2.87. The van der Waals surface area contributed by atoms with Gasteiger partial charge in [-0.2, -0.15) is 5.26 Å². The number of esters is 1. The van der Waals surface area contributed by atoms with E-state index in [-0.39, 0.29) is 29.0 Å². The van der Waals surface area contributed by atoms with E-state index in [0.29, 0.717) is 12.1 Å². The summed E-state index contributed by atoms with van der Waals surface area (Å²) in [5, 5.41) is 25.1. The number of carbonyl (C=O) groups is 2. The SMILES string of the molecule is CC(C)NC(=O)NCc1ccc(C(=O)OCC(O)=C(C#N)c2nc3ccccc3[nH]2)cc1. The summed E-state index contributed by atoms with van der Waals surface area (Å²) in [7, 11) is 0. The minimum atomic E-state index is -0.657. The second-order valence-electron chi connectivity index (χ2n) is 7.29. The van der Waals surface area contributed by atoms with Crippen LogP contribution in [0.2, 0.25) is 0 Å². The first kappa shape index (κ1) is 22.4. The summed E-state index contributed by atoms with van der Waals surface area (Å²) >= 11 is 0. The van der Waals surface area contributed by atoms with Gasteiger partial charge in [-0.15, -0.1) is 0 Å². The van der Waals surface area contributed by atoms with E-state index in [1.165, 1.54) is 0 Å². The Bertz CT molecular complexity index is 1160. The van der Waals surface area contributed by atoms with Gasteiger partial charge in [0.05, 0.1) is 16.6 Å². The molecule has 9 nitrogen and oxygen atoms in total. The Labute approximate surface area is 184 Å². The number of aromatic amines is 1. The average molecular weight is 433 g/mol. The van der Waals surface area contributed by atoms with Gasteiger partial charge in [0.1, 0.15) is 18.2 Å². The number of H-pyrrole nitrogens is 1. The van der Waals surface area contributed by atoms with Crippen LogP contribution in [-0.4, -0.2) is 39.7 Å². The second kappa shape index (κ2) is 10.1. The lowest BCUT2D eigenvalue weighted by atomic mass is 10.1. The highest BCUT2D eigenvalue weighted by molar-refractivity contribution is 5.90. The van der Waals surface area contributed by atoms with E-state index in [1.807, 2.05) is 32.0 Å². The molecule has 0 spiro atoms. The van der Waals surface area contributed by atoms with Crippen LogP contribution in [0.5, 0.6) is 0 Å². The van der Waals surface area contributed by atoms with E-state index in [0.717, 1.165) is 11.1 Å². The number of urea groups is 1. The molecule has 3 rings (SSSR count). The largest absolute Gasteiger partial charge is 0.507 e. The Morgan fingerprint density at radius 2 is 1.91 bits per heavy atom. The number of aliphatic hydroxyl groups is 1. The fraction of sp³-hybridized carbons (Fsp3) is 0.217. The minimum absolute atomic E-state index is 0.0333. The maximum Gasteiger partial charge on any atom is 0.338 e. The molecule has 1 aromatic heterocycles. The maximum atomic E-state index is 12.3. The van der Waals surface area contributed by atoms with Gasteiger partial charge in [0.25, 0.3) is 0 Å². The number of imidazole rings is 1. The quantitative estimate of drug-likeness (QED) is 0.256. The van der Waals surface area contributed by atoms with E-state index in [9.17, 15) is 20.0 Å². The van der Waals surface area contributed by atoms with Crippen molar-refractivity contribution in [1.29, 1.82) is 5.26 Å². The van der Waals surface area contributed by atoms with Crippen molar-refractivity contribution in [2.45, 2.75) is 26.4 Å². The number of aliphatic hydroxyl groups excluding tert-OH is 1. The van der Waals surface area contributed by atoms with Gasteiger partial charge < -0.3 is 25.5 Å². The number of carbonyl (C=O) groups excluding carboxylic acids is 2. The Morgan fingerprint density at radius 1 is 1.19 bits per heavy atom. The molecule has 3 aromatic rings. The van der Waals surface area contributed by atoms with Crippen LogP contribution in [-0.2, 0) is 11.3 Å². The zero-order valence-corrected chi connectivity index (χ0v) is 17.7. The molecular weight excluding hydrogens is 410 g/mol. The molecule has 2 aromatic carbocycles. The Kier molecular flexibility index (Phi) is 7.08. The molecule has 1 heterocycles. The fourth-order valence-electron chi connectivity index (χ4n) is 2.87. The molecule has 0 saturated heterocycles. The smallest absolute Gasteiger partial charge is 0.338 e. The predicted molar refractivity (Wildman–Crippen MR) is 118 cm³/mol. The highest BCUT2D eigenvalue weighted by atomic mass is 16.5. The summed E-state index contributed by atoms with van der Waals surface area (Å²) in [4.78, 5) is 31.2. The standard InChI is InChI=1S/C23H23N5O4/c1-14(2)26-23(31)25-12-15-7-9-16(10-8-15)22(30)32-13-20(29)17(11-24)21-27-18-5-3-4-6-19(18)28-21/h3-10,14,29H,12-13H2,1-2H3,(H,27,28)(H2,25,26,31). The minimum Gasteiger partial charge on any atom is -0.507 e. The van der Waals surface area contributed by atoms with Crippen molar-refractivity contribution in [2.75, 3.05) is 6.61 Å². The van der Waals surface area contributed by atoms with Gasteiger partial charge in [-0.1, -0.05) is 24.3 Å². The van der Waals surface area contributed by atoms with Crippen molar-refractivity contribution < 1.29 is 19.4 Å². The molecule has 0 aliphatic rings. The molecule has 2 amide bonds. The third-order valence-electron chi connectivity index (χ3n) is 4.43. The van der Waals surface area contributed by atoms with Crippen molar-refractivity contribution in [2.24, 2.45) is 0 Å². The first-order chi connectivity index (χ1) is 15.4. The molecule has 164 valence electrons. The van der Waals surface area contributed by atoms with E-state index in [4.69, 9.17) is 4.74 Å². The van der Waals surface area contributed by atoms with Crippen LogP contribution < -0.4 is 10.6 Å². The highest BCUT2D eigenvalue weighted by Gasteiger charge is 2.15. The summed E-state index contributed by atoms with van der Waals surface area (Å²) in [6.45, 7) is 3.56. The monoisotopic (exact) mass is 433 g/mol. The summed E-state index contributed by atoms with van der Waals surface area (Å²) in [5.74, 6) is -0.868. The molecule has 0 fully saturated rings. The Morgan fingerprint density at radius 3 is 2.56 bits per heavy atom. The number of fused-ring (bicyclic) bond motifs is 1. The average Bonchev–Trinajstić information content (AvgIpc) is 3.20. The van der Waals surface area contributed by atoms with Gasteiger partial charge in [-0.3, -0.25) is 0 Å². The van der Waals surface area contributed by atoms with E-state index in [2.05, 4.69) is 20.6 Å². The second-order valence-corrected chi connectivity index (χ2v) is 7.29. The van der Waals surface area contributed by atoms with Gasteiger partial charge in [-0.05, 0) is 43.7 Å². The number of benzene rings is 2. The molecule has 0 aliphatic heterocycles. The van der Waals surface area contributed by atoms with Crippen LogP contribution >= 0.6 is 0 Å². The molecule has 32 heavy (non-hydrogen) atoms. The van der Waals surface area contributed by atoms with E-state index in [1.54, 1.807) is 36.4 Å². The first-order valence-electron chi connectivity index (χ1n) is 9.95. The third kappa shape index (κ3) is 5.64. The van der Waals surface area contributed by atoms with E-state index < -0.39 is 18.3 Å². The lowest BCUT2D eigenvalue weighted by molar-refractivity contribution is 0.0502. The normalized spacial score (nSPS) is 11.6. The number of hydrogen-bond donors (Lipinski definition) is 4. The van der Waals surface area contributed by atoms with Crippen LogP contribution in [0.3, 0.4) is 0 Å². The summed E-state index contributed by atoms with van der Waals surface area (Å²) in [6, 6.07) is 15.4. The number of hydrogen-bond acceptors (Lipinski definition) is 6. The molecule has 0 bridgehead atoms. The summed E-state index contributed by atoms with van der Waals surface area (Å²) in [5.41, 5.74) is 2.35. The predicted octanol–water partition coefficient (Wildman–Crippen LogP) is 3.42. The molecule has 0 atom stereocenters. The number of ether oxygens (including phenoxy) is 1.